The van der Waals surface area contributed by atoms with Gasteiger partial charge in [0.15, 0.2) is 0 Å². The lowest BCUT2D eigenvalue weighted by Gasteiger charge is -2.44. The second kappa shape index (κ2) is 15.7. The van der Waals surface area contributed by atoms with E-state index in [4.69, 9.17) is 9.16 Å². The highest BCUT2D eigenvalue weighted by molar-refractivity contribution is 6.99. The van der Waals surface area contributed by atoms with Gasteiger partial charge in [-0.25, -0.2) is 9.69 Å². The second-order valence-electron chi connectivity index (χ2n) is 13.1. The molecule has 0 aliphatic carbocycles. The average molecular weight is 628 g/mol. The van der Waals surface area contributed by atoms with Gasteiger partial charge >= 0.3 is 6.09 Å². The van der Waals surface area contributed by atoms with Crippen LogP contribution < -0.4 is 10.4 Å². The van der Waals surface area contributed by atoms with Crippen LogP contribution >= 0.6 is 0 Å². The molecule has 1 fully saturated rings. The molecule has 4 rings (SSSR count). The minimum Gasteiger partial charge on any atom is -0.439 e. The van der Waals surface area contributed by atoms with Gasteiger partial charge in [-0.05, 0) is 66.9 Å². The summed E-state index contributed by atoms with van der Waals surface area (Å²) >= 11 is 0. The maximum Gasteiger partial charge on any atom is 0.417 e. The standard InChI is InChI=1S/C38H49NO5Si/c1-29(44-45(38(3,4)5,33-24-16-10-17-25-33)34-26-18-11-19-27-34)20-12-7-6-8-15-23-32(40)28-35(41)39-30(2)36(43-37(39)42)31-21-13-9-14-22-31/h6,8-11,13-14,16-19,21-22,24-27,29-30,32,36,40H,7,12,15,20,23,28H2,1-5H3/b8-6+/t29-,30+,32-,36+/m0/s1. The van der Waals surface area contributed by atoms with E-state index in [1.54, 1.807) is 6.92 Å². The fourth-order valence-corrected chi connectivity index (χ4v) is 11.1. The molecule has 0 saturated carbocycles. The molecule has 4 atom stereocenters. The van der Waals surface area contributed by atoms with Gasteiger partial charge in [0.25, 0.3) is 8.32 Å². The fraction of sp³-hybridized carbons (Fsp3) is 0.421. The molecule has 0 spiro atoms. The maximum atomic E-state index is 12.9. The predicted octanol–water partition coefficient (Wildman–Crippen LogP) is 7.32. The highest BCUT2D eigenvalue weighted by atomic mass is 28.4. The molecule has 1 aliphatic rings. The third kappa shape index (κ3) is 8.40. The first-order chi connectivity index (χ1) is 21.5. The van der Waals surface area contributed by atoms with Crippen LogP contribution in [0, 0.1) is 0 Å². The topological polar surface area (TPSA) is 76.1 Å². The van der Waals surface area contributed by atoms with E-state index in [1.807, 2.05) is 30.3 Å². The van der Waals surface area contributed by atoms with Crippen LogP contribution in [0.2, 0.25) is 5.04 Å². The largest absolute Gasteiger partial charge is 0.439 e. The van der Waals surface area contributed by atoms with Crippen LogP contribution in [0.15, 0.2) is 103 Å². The van der Waals surface area contributed by atoms with Gasteiger partial charge in [-0.2, -0.15) is 0 Å². The van der Waals surface area contributed by atoms with Crippen LogP contribution in [0.1, 0.15) is 84.8 Å². The summed E-state index contributed by atoms with van der Waals surface area (Å²) in [5.41, 5.74) is 0.850. The van der Waals surface area contributed by atoms with Gasteiger partial charge in [0.05, 0.1) is 18.6 Å². The number of hydrogen-bond donors (Lipinski definition) is 1. The van der Waals surface area contributed by atoms with Crippen LogP contribution in [0.25, 0.3) is 0 Å². The van der Waals surface area contributed by atoms with Crippen LogP contribution in [0.5, 0.6) is 0 Å². The lowest BCUT2D eigenvalue weighted by Crippen LogP contribution is -2.67. The molecule has 45 heavy (non-hydrogen) atoms. The normalized spacial score (nSPS) is 18.6. The van der Waals surface area contributed by atoms with Crippen molar-refractivity contribution in [1.29, 1.82) is 0 Å². The number of aliphatic hydroxyl groups excluding tert-OH is 1. The summed E-state index contributed by atoms with van der Waals surface area (Å²) in [6.45, 7) is 10.9. The molecule has 240 valence electrons. The van der Waals surface area contributed by atoms with E-state index in [0.29, 0.717) is 12.8 Å². The van der Waals surface area contributed by atoms with Crippen molar-refractivity contribution in [3.05, 3.63) is 109 Å². The van der Waals surface area contributed by atoms with Crippen LogP contribution in [-0.2, 0) is 14.0 Å². The number of aliphatic hydroxyl groups is 1. The van der Waals surface area contributed by atoms with Gasteiger partial charge in [0, 0.05) is 6.10 Å². The van der Waals surface area contributed by atoms with E-state index in [1.165, 1.54) is 10.4 Å². The zero-order valence-corrected chi connectivity index (χ0v) is 28.4. The highest BCUT2D eigenvalue weighted by Gasteiger charge is 2.51. The molecule has 7 heteroatoms. The molecular formula is C38H49NO5Si. The summed E-state index contributed by atoms with van der Waals surface area (Å²) in [6, 6.07) is 30.4. The van der Waals surface area contributed by atoms with E-state index in [2.05, 4.69) is 101 Å². The third-order valence-electron chi connectivity index (χ3n) is 8.69. The number of amides is 2. The number of ether oxygens (including phenoxy) is 1. The quantitative estimate of drug-likeness (QED) is 0.115. The molecule has 1 N–H and O–H groups in total. The number of cyclic esters (lactones) is 1. The Hall–Kier alpha value is -3.52. The first kappa shape index (κ1) is 34.4. The SMILES string of the molecule is C[C@@H]1[C@H](c2ccccc2)OC(=O)N1C(=O)C[C@@H](O)CC/C=C/CCC[C@H](C)O[Si](c1ccccc1)(c1ccccc1)C(C)(C)C. The van der Waals surface area contributed by atoms with Gasteiger partial charge in [0.1, 0.15) is 6.10 Å². The number of benzene rings is 3. The van der Waals surface area contributed by atoms with Gasteiger partial charge in [-0.15, -0.1) is 0 Å². The Balaban J connectivity index is 1.23. The van der Waals surface area contributed by atoms with E-state index in [0.717, 1.165) is 29.7 Å². The Morgan fingerprint density at radius 2 is 1.44 bits per heavy atom. The van der Waals surface area contributed by atoms with Crippen molar-refractivity contribution in [3.63, 3.8) is 0 Å². The number of nitrogens with zero attached hydrogens (tertiary/aromatic N) is 1. The third-order valence-corrected chi connectivity index (χ3v) is 13.8. The molecule has 3 aromatic rings. The molecule has 0 radical (unpaired) electrons. The minimum absolute atomic E-state index is 0.0528. The number of carbonyl (C=O) groups excluding carboxylic acids is 2. The van der Waals surface area contributed by atoms with Crippen molar-refractivity contribution >= 4 is 30.7 Å². The first-order valence-electron chi connectivity index (χ1n) is 16.2. The second-order valence-corrected chi connectivity index (χ2v) is 17.4. The van der Waals surface area contributed by atoms with Crippen LogP contribution in [0.3, 0.4) is 0 Å². The molecule has 6 nitrogen and oxygen atoms in total. The fourth-order valence-electron chi connectivity index (χ4n) is 6.39. The lowest BCUT2D eigenvalue weighted by molar-refractivity contribution is -0.131. The zero-order valence-electron chi connectivity index (χ0n) is 27.4. The Morgan fingerprint density at radius 1 is 0.911 bits per heavy atom. The van der Waals surface area contributed by atoms with E-state index in [-0.39, 0.29) is 17.6 Å². The van der Waals surface area contributed by atoms with E-state index in [9.17, 15) is 14.7 Å². The van der Waals surface area contributed by atoms with Gasteiger partial charge < -0.3 is 14.3 Å². The van der Waals surface area contributed by atoms with Crippen molar-refractivity contribution in [2.75, 3.05) is 0 Å². The predicted molar refractivity (Wildman–Crippen MR) is 183 cm³/mol. The number of hydrogen-bond acceptors (Lipinski definition) is 5. The van der Waals surface area contributed by atoms with Crippen molar-refractivity contribution in [2.45, 2.75) is 103 Å². The number of rotatable bonds is 14. The molecule has 1 aliphatic heterocycles. The van der Waals surface area contributed by atoms with Gasteiger partial charge in [-0.1, -0.05) is 124 Å². The van der Waals surface area contributed by atoms with Crippen molar-refractivity contribution in [2.24, 2.45) is 0 Å². The maximum absolute atomic E-state index is 12.9. The zero-order chi connectivity index (χ0) is 32.5. The number of unbranched alkanes of at least 4 members (excludes halogenated alkanes) is 1. The van der Waals surface area contributed by atoms with Crippen molar-refractivity contribution in [1.82, 2.24) is 4.90 Å². The number of carbonyl (C=O) groups is 2. The smallest absolute Gasteiger partial charge is 0.417 e. The van der Waals surface area contributed by atoms with Crippen LogP contribution in [0.4, 0.5) is 4.79 Å². The summed E-state index contributed by atoms with van der Waals surface area (Å²) in [4.78, 5) is 26.5. The van der Waals surface area contributed by atoms with Gasteiger partial charge in [0.2, 0.25) is 5.91 Å². The Morgan fingerprint density at radius 3 is 2.00 bits per heavy atom. The molecular weight excluding hydrogens is 579 g/mol. The summed E-state index contributed by atoms with van der Waals surface area (Å²) in [5.74, 6) is -0.405. The van der Waals surface area contributed by atoms with Crippen LogP contribution in [-0.4, -0.2) is 48.6 Å². The summed E-state index contributed by atoms with van der Waals surface area (Å²) in [5, 5.41) is 13.1. The summed E-state index contributed by atoms with van der Waals surface area (Å²) in [7, 11) is -2.57. The molecule has 0 bridgehead atoms. The Kier molecular flexibility index (Phi) is 12.0. The summed E-state index contributed by atoms with van der Waals surface area (Å²) < 4.78 is 12.7. The number of imide groups is 1. The first-order valence-corrected chi connectivity index (χ1v) is 18.1. The highest BCUT2D eigenvalue weighted by Crippen LogP contribution is 2.38. The lowest BCUT2D eigenvalue weighted by atomic mass is 10.0. The molecule has 0 aromatic heterocycles. The van der Waals surface area contributed by atoms with Gasteiger partial charge in [-0.3, -0.25) is 4.79 Å². The molecule has 1 saturated heterocycles. The summed E-state index contributed by atoms with van der Waals surface area (Å²) in [6.07, 6.45) is 6.21. The molecule has 1 heterocycles. The number of allylic oxidation sites excluding steroid dienone is 2. The average Bonchev–Trinajstić information content (AvgIpc) is 3.33. The molecule has 3 aromatic carbocycles. The van der Waals surface area contributed by atoms with Crippen molar-refractivity contribution in [3.8, 4) is 0 Å². The van der Waals surface area contributed by atoms with E-state index < -0.39 is 38.6 Å². The Labute approximate surface area is 270 Å². The van der Waals surface area contributed by atoms with Crippen molar-refractivity contribution < 1.29 is 23.9 Å². The monoisotopic (exact) mass is 627 g/mol. The Bertz CT molecular complexity index is 1350. The molecule has 2 amide bonds. The minimum atomic E-state index is -2.57. The molecule has 0 unspecified atom stereocenters. The van der Waals surface area contributed by atoms with E-state index >= 15 is 0 Å².